The van der Waals surface area contributed by atoms with Crippen LogP contribution in [0, 0.1) is 6.92 Å². The molecule has 16 heavy (non-hydrogen) atoms. The maximum absolute atomic E-state index is 6.25. The number of guanidine groups is 1. The molecule has 86 valence electrons. The fourth-order valence-electron chi connectivity index (χ4n) is 1.44. The molecule has 1 aliphatic heterocycles. The fourth-order valence-corrected chi connectivity index (χ4v) is 2.70. The molecule has 0 aromatic heterocycles. The number of rotatable bonds is 1. The highest BCUT2D eigenvalue weighted by molar-refractivity contribution is 9.13. The van der Waals surface area contributed by atoms with Crippen LogP contribution in [0.15, 0.2) is 20.0 Å². The van der Waals surface area contributed by atoms with Crippen molar-refractivity contribution in [2.24, 2.45) is 4.99 Å². The summed E-state index contributed by atoms with van der Waals surface area (Å²) in [5, 5.41) is 7.03. The Balaban J connectivity index is 2.38. The second kappa shape index (κ2) is 4.94. The Hall–Kier alpha value is -0.260. The topological polar surface area (TPSA) is 36.4 Å². The third kappa shape index (κ3) is 2.36. The minimum Gasteiger partial charge on any atom is -0.354 e. The van der Waals surface area contributed by atoms with Crippen LogP contribution in [-0.2, 0) is 0 Å². The Morgan fingerprint density at radius 2 is 2.25 bits per heavy atom. The Bertz CT molecular complexity index is 434. The van der Waals surface area contributed by atoms with Gasteiger partial charge in [0, 0.05) is 11.0 Å². The Kier molecular flexibility index (Phi) is 3.77. The number of nitrogens with one attached hydrogen (secondary N) is 2. The SMILES string of the molecule is Cc1cc(Br)c(Br)c(NC2=NCCN2)c1Cl. The average Bonchev–Trinajstić information content (AvgIpc) is 2.74. The number of nitrogens with zero attached hydrogens (tertiary/aromatic N) is 1. The Labute approximate surface area is 116 Å². The molecule has 2 rings (SSSR count). The lowest BCUT2D eigenvalue weighted by atomic mass is 10.2. The van der Waals surface area contributed by atoms with Crippen molar-refractivity contribution in [2.45, 2.75) is 6.92 Å². The molecule has 0 fully saturated rings. The average molecular weight is 367 g/mol. The van der Waals surface area contributed by atoms with E-state index in [1.165, 1.54) is 0 Å². The molecular weight excluding hydrogens is 357 g/mol. The van der Waals surface area contributed by atoms with Crippen LogP contribution in [0.25, 0.3) is 0 Å². The molecule has 0 saturated carbocycles. The first-order valence-electron chi connectivity index (χ1n) is 4.79. The standard InChI is InChI=1S/C10H10Br2ClN3/c1-5-4-6(11)7(12)9(8(5)13)16-10-14-2-3-15-10/h4H,2-3H2,1H3,(H2,14,15,16). The van der Waals surface area contributed by atoms with Crippen molar-refractivity contribution in [3.8, 4) is 0 Å². The van der Waals surface area contributed by atoms with Crippen LogP contribution in [0.2, 0.25) is 5.02 Å². The summed E-state index contributed by atoms with van der Waals surface area (Å²) in [7, 11) is 0. The molecule has 0 atom stereocenters. The number of benzene rings is 1. The molecule has 0 saturated heterocycles. The minimum atomic E-state index is 0.700. The quantitative estimate of drug-likeness (QED) is 0.745. The van der Waals surface area contributed by atoms with Gasteiger partial charge >= 0.3 is 0 Å². The number of aryl methyl sites for hydroxylation is 1. The van der Waals surface area contributed by atoms with Crippen LogP contribution >= 0.6 is 43.5 Å². The van der Waals surface area contributed by atoms with Crippen LogP contribution in [-0.4, -0.2) is 19.0 Å². The molecule has 0 spiro atoms. The maximum Gasteiger partial charge on any atom is 0.195 e. The lowest BCUT2D eigenvalue weighted by Crippen LogP contribution is -2.26. The molecule has 6 heteroatoms. The first kappa shape index (κ1) is 12.2. The summed E-state index contributed by atoms with van der Waals surface area (Å²) in [6, 6.07) is 1.97. The first-order valence-corrected chi connectivity index (χ1v) is 6.75. The van der Waals surface area contributed by atoms with E-state index in [1.807, 2.05) is 13.0 Å². The van der Waals surface area contributed by atoms with Gasteiger partial charge in [0.05, 0.1) is 21.7 Å². The molecule has 0 bridgehead atoms. The van der Waals surface area contributed by atoms with E-state index in [-0.39, 0.29) is 0 Å². The highest BCUT2D eigenvalue weighted by atomic mass is 79.9. The summed E-state index contributed by atoms with van der Waals surface area (Å²) in [6.07, 6.45) is 0. The van der Waals surface area contributed by atoms with Gasteiger partial charge in [-0.15, -0.1) is 0 Å². The largest absolute Gasteiger partial charge is 0.354 e. The lowest BCUT2D eigenvalue weighted by Gasteiger charge is -2.13. The van der Waals surface area contributed by atoms with Gasteiger partial charge in [-0.1, -0.05) is 11.6 Å². The highest BCUT2D eigenvalue weighted by Crippen LogP contribution is 2.38. The van der Waals surface area contributed by atoms with Crippen LogP contribution in [0.5, 0.6) is 0 Å². The van der Waals surface area contributed by atoms with Crippen LogP contribution in [0.4, 0.5) is 5.69 Å². The molecule has 0 radical (unpaired) electrons. The zero-order valence-electron chi connectivity index (χ0n) is 8.57. The first-order chi connectivity index (χ1) is 7.59. The van der Waals surface area contributed by atoms with Crippen LogP contribution < -0.4 is 10.6 Å². The van der Waals surface area contributed by atoms with Crippen molar-refractivity contribution in [3.63, 3.8) is 0 Å². The van der Waals surface area contributed by atoms with Crippen molar-refractivity contribution in [1.29, 1.82) is 0 Å². The van der Waals surface area contributed by atoms with E-state index in [0.717, 1.165) is 39.2 Å². The third-order valence-corrected chi connectivity index (χ3v) is 4.72. The summed E-state index contributed by atoms with van der Waals surface area (Å²) in [6.45, 7) is 3.63. The summed E-state index contributed by atoms with van der Waals surface area (Å²) in [4.78, 5) is 4.27. The van der Waals surface area contributed by atoms with Crippen LogP contribution in [0.1, 0.15) is 5.56 Å². The molecule has 1 aromatic rings. The molecule has 1 aromatic carbocycles. The second-order valence-electron chi connectivity index (χ2n) is 3.46. The number of hydrogen-bond donors (Lipinski definition) is 2. The predicted octanol–water partition coefficient (Wildman–Crippen LogP) is 3.54. The summed E-state index contributed by atoms with van der Waals surface area (Å²) >= 11 is 13.2. The Morgan fingerprint density at radius 1 is 1.50 bits per heavy atom. The molecular formula is C10H10Br2ClN3. The van der Waals surface area contributed by atoms with E-state index in [0.29, 0.717) is 5.02 Å². The van der Waals surface area contributed by atoms with Gasteiger partial charge in [-0.05, 0) is 50.4 Å². The van der Waals surface area contributed by atoms with E-state index >= 15 is 0 Å². The smallest absolute Gasteiger partial charge is 0.195 e. The summed E-state index contributed by atoms with van der Waals surface area (Å²) < 4.78 is 1.87. The van der Waals surface area contributed by atoms with Crippen LogP contribution in [0.3, 0.4) is 0 Å². The van der Waals surface area contributed by atoms with Crippen molar-refractivity contribution < 1.29 is 0 Å². The van der Waals surface area contributed by atoms with E-state index in [4.69, 9.17) is 11.6 Å². The van der Waals surface area contributed by atoms with Crippen molar-refractivity contribution >= 4 is 55.1 Å². The Morgan fingerprint density at radius 3 is 2.88 bits per heavy atom. The van der Waals surface area contributed by atoms with Gasteiger partial charge in [-0.2, -0.15) is 0 Å². The molecule has 0 unspecified atom stereocenters. The van der Waals surface area contributed by atoms with E-state index in [2.05, 4.69) is 47.5 Å². The second-order valence-corrected chi connectivity index (χ2v) is 5.49. The van der Waals surface area contributed by atoms with Gasteiger partial charge in [-0.25, -0.2) is 0 Å². The van der Waals surface area contributed by atoms with Crippen molar-refractivity contribution in [1.82, 2.24) is 5.32 Å². The monoisotopic (exact) mass is 365 g/mol. The minimum absolute atomic E-state index is 0.700. The molecule has 1 heterocycles. The number of anilines is 1. The fraction of sp³-hybridized carbons (Fsp3) is 0.300. The highest BCUT2D eigenvalue weighted by Gasteiger charge is 2.14. The van der Waals surface area contributed by atoms with Crippen molar-refractivity contribution in [3.05, 3.63) is 25.6 Å². The summed E-state index contributed by atoms with van der Waals surface area (Å²) in [5.74, 6) is 0.764. The number of aliphatic imine (C=N–C) groups is 1. The number of halogens is 3. The van der Waals surface area contributed by atoms with Gasteiger partial charge in [0.2, 0.25) is 0 Å². The molecule has 0 aliphatic carbocycles. The van der Waals surface area contributed by atoms with Gasteiger partial charge in [0.25, 0.3) is 0 Å². The molecule has 2 N–H and O–H groups in total. The molecule has 1 aliphatic rings. The van der Waals surface area contributed by atoms with Gasteiger partial charge in [-0.3, -0.25) is 4.99 Å². The van der Waals surface area contributed by atoms with E-state index < -0.39 is 0 Å². The lowest BCUT2D eigenvalue weighted by molar-refractivity contribution is 0.959. The summed E-state index contributed by atoms with van der Waals surface area (Å²) in [5.41, 5.74) is 1.85. The van der Waals surface area contributed by atoms with Gasteiger partial charge in [0.1, 0.15) is 0 Å². The molecule has 0 amide bonds. The third-order valence-electron chi connectivity index (χ3n) is 2.26. The van der Waals surface area contributed by atoms with E-state index in [9.17, 15) is 0 Å². The maximum atomic E-state index is 6.25. The van der Waals surface area contributed by atoms with Gasteiger partial charge < -0.3 is 10.6 Å². The number of hydrogen-bond acceptors (Lipinski definition) is 3. The zero-order valence-corrected chi connectivity index (χ0v) is 12.5. The van der Waals surface area contributed by atoms with E-state index in [1.54, 1.807) is 0 Å². The normalized spacial score (nSPS) is 14.6. The van der Waals surface area contributed by atoms with Gasteiger partial charge in [0.15, 0.2) is 5.96 Å². The van der Waals surface area contributed by atoms with Crippen molar-refractivity contribution in [2.75, 3.05) is 18.4 Å². The predicted molar refractivity (Wildman–Crippen MR) is 75.5 cm³/mol. The molecule has 3 nitrogen and oxygen atoms in total. The zero-order chi connectivity index (χ0) is 11.7.